The number of hydrogen-bond acceptors (Lipinski definition) is 4. The Morgan fingerprint density at radius 3 is 2.40 bits per heavy atom. The van der Waals surface area contributed by atoms with Crippen molar-refractivity contribution < 1.29 is 4.39 Å². The predicted octanol–water partition coefficient (Wildman–Crippen LogP) is 1.09. The lowest BCUT2D eigenvalue weighted by molar-refractivity contribution is 0.120. The van der Waals surface area contributed by atoms with E-state index in [4.69, 9.17) is 5.73 Å². The van der Waals surface area contributed by atoms with Crippen LogP contribution in [0.4, 0.5) is 10.1 Å². The topological polar surface area (TPSA) is 35.7 Å². The Kier molecular flexibility index (Phi) is 5.34. The third-order valence-corrected chi connectivity index (χ3v) is 3.80. The van der Waals surface area contributed by atoms with E-state index in [-0.39, 0.29) is 11.5 Å². The smallest absolute Gasteiger partial charge is 0.146 e. The summed E-state index contributed by atoms with van der Waals surface area (Å²) in [5, 5.41) is 0. The van der Waals surface area contributed by atoms with Gasteiger partial charge in [-0.25, -0.2) is 4.39 Å². The minimum atomic E-state index is -0.313. The van der Waals surface area contributed by atoms with Gasteiger partial charge in [-0.2, -0.15) is 0 Å². The van der Waals surface area contributed by atoms with Gasteiger partial charge in [0.05, 0.1) is 5.69 Å². The van der Waals surface area contributed by atoms with Crippen molar-refractivity contribution in [3.05, 3.63) is 29.6 Å². The zero-order valence-electron chi connectivity index (χ0n) is 12.5. The zero-order chi connectivity index (χ0) is 14.5. The van der Waals surface area contributed by atoms with Crippen LogP contribution in [0.25, 0.3) is 0 Å². The third-order valence-electron chi connectivity index (χ3n) is 3.80. The van der Waals surface area contributed by atoms with E-state index in [0.29, 0.717) is 0 Å². The molecule has 1 aliphatic heterocycles. The molecule has 112 valence electrons. The number of benzene rings is 1. The molecular formula is C15H25FN4. The molecule has 0 saturated carbocycles. The van der Waals surface area contributed by atoms with E-state index in [2.05, 4.69) is 28.8 Å². The lowest BCUT2D eigenvalue weighted by Gasteiger charge is -2.35. The van der Waals surface area contributed by atoms with Gasteiger partial charge in [0.15, 0.2) is 0 Å². The summed E-state index contributed by atoms with van der Waals surface area (Å²) in [6, 6.07) is 5.11. The van der Waals surface area contributed by atoms with Crippen molar-refractivity contribution in [3.8, 4) is 0 Å². The lowest BCUT2D eigenvalue weighted by atomic mass is 10.1. The number of anilines is 1. The molecule has 0 atom stereocenters. The van der Waals surface area contributed by atoms with Gasteiger partial charge in [0.2, 0.25) is 0 Å². The molecule has 5 heteroatoms. The summed E-state index contributed by atoms with van der Waals surface area (Å²) in [6.07, 6.45) is 0. The number of nitrogen functional groups attached to an aromatic ring is 1. The molecule has 1 aromatic carbocycles. The number of hydrogen-bond donors (Lipinski definition) is 1. The zero-order valence-corrected chi connectivity index (χ0v) is 12.5. The maximum absolute atomic E-state index is 13.4. The first-order chi connectivity index (χ1) is 9.54. The number of likely N-dealkylation sites (N-methyl/N-ethyl adjacent to an activating group) is 1. The fourth-order valence-electron chi connectivity index (χ4n) is 2.44. The molecule has 2 rings (SSSR count). The van der Waals surface area contributed by atoms with Crippen molar-refractivity contribution in [2.45, 2.75) is 6.54 Å². The standard InChI is InChI=1S/C15H25FN4/c1-18(2)5-6-19-7-9-20(10-8-19)12-13-3-4-15(17)14(16)11-13/h3-4,11H,5-10,12,17H2,1-2H3. The highest BCUT2D eigenvalue weighted by Gasteiger charge is 2.17. The summed E-state index contributed by atoms with van der Waals surface area (Å²) in [5.41, 5.74) is 6.72. The first-order valence-corrected chi connectivity index (χ1v) is 7.18. The van der Waals surface area contributed by atoms with Crippen LogP contribution in [0.2, 0.25) is 0 Å². The molecule has 4 nitrogen and oxygen atoms in total. The molecule has 1 aromatic rings. The SMILES string of the molecule is CN(C)CCN1CCN(Cc2ccc(N)c(F)c2)CC1. The van der Waals surface area contributed by atoms with Gasteiger partial charge in [0.25, 0.3) is 0 Å². The van der Waals surface area contributed by atoms with Crippen LogP contribution < -0.4 is 5.73 Å². The average Bonchev–Trinajstić information content (AvgIpc) is 2.42. The number of nitrogens with two attached hydrogens (primary N) is 1. The first kappa shape index (κ1) is 15.2. The van der Waals surface area contributed by atoms with Crippen LogP contribution in [0.5, 0.6) is 0 Å². The monoisotopic (exact) mass is 280 g/mol. The molecule has 20 heavy (non-hydrogen) atoms. The Hall–Kier alpha value is -1.17. The largest absolute Gasteiger partial charge is 0.396 e. The van der Waals surface area contributed by atoms with Gasteiger partial charge in [-0.3, -0.25) is 9.80 Å². The second-order valence-corrected chi connectivity index (χ2v) is 5.78. The summed E-state index contributed by atoms with van der Waals surface area (Å²) >= 11 is 0. The second-order valence-electron chi connectivity index (χ2n) is 5.78. The van der Waals surface area contributed by atoms with E-state index >= 15 is 0 Å². The maximum atomic E-state index is 13.4. The van der Waals surface area contributed by atoms with Crippen LogP contribution in [-0.4, -0.2) is 68.1 Å². The van der Waals surface area contributed by atoms with Gasteiger partial charge in [0.1, 0.15) is 5.82 Å². The molecule has 1 heterocycles. The molecular weight excluding hydrogens is 255 g/mol. The maximum Gasteiger partial charge on any atom is 0.146 e. The Labute approximate surface area is 120 Å². The molecule has 1 aliphatic rings. The van der Waals surface area contributed by atoms with Crippen molar-refractivity contribution >= 4 is 5.69 Å². The quantitative estimate of drug-likeness (QED) is 0.819. The molecule has 1 saturated heterocycles. The molecule has 0 radical (unpaired) electrons. The van der Waals surface area contributed by atoms with Crippen molar-refractivity contribution in [2.24, 2.45) is 0 Å². The Morgan fingerprint density at radius 1 is 1.15 bits per heavy atom. The van der Waals surface area contributed by atoms with Gasteiger partial charge in [-0.15, -0.1) is 0 Å². The highest BCUT2D eigenvalue weighted by molar-refractivity contribution is 5.41. The fourth-order valence-corrected chi connectivity index (χ4v) is 2.44. The summed E-state index contributed by atoms with van der Waals surface area (Å²) in [7, 11) is 4.21. The molecule has 1 fully saturated rings. The second kappa shape index (κ2) is 7.02. The molecule has 0 aliphatic carbocycles. The third kappa shape index (κ3) is 4.44. The van der Waals surface area contributed by atoms with Gasteiger partial charge >= 0.3 is 0 Å². The van der Waals surface area contributed by atoms with Crippen molar-refractivity contribution in [2.75, 3.05) is 59.1 Å². The summed E-state index contributed by atoms with van der Waals surface area (Å²) in [6.45, 7) is 7.29. The lowest BCUT2D eigenvalue weighted by Crippen LogP contribution is -2.47. The first-order valence-electron chi connectivity index (χ1n) is 7.18. The predicted molar refractivity (Wildman–Crippen MR) is 81.1 cm³/mol. The fraction of sp³-hybridized carbons (Fsp3) is 0.600. The number of halogens is 1. The van der Waals surface area contributed by atoms with Crippen molar-refractivity contribution in [1.82, 2.24) is 14.7 Å². The van der Waals surface area contributed by atoms with Crippen LogP contribution in [0.1, 0.15) is 5.56 Å². The summed E-state index contributed by atoms with van der Waals surface area (Å²) in [5.74, 6) is -0.313. The van der Waals surface area contributed by atoms with Gasteiger partial charge < -0.3 is 10.6 Å². The summed E-state index contributed by atoms with van der Waals surface area (Å²) < 4.78 is 13.4. The molecule has 0 spiro atoms. The molecule has 0 bridgehead atoms. The van der Waals surface area contributed by atoms with Gasteiger partial charge in [0, 0.05) is 45.8 Å². The molecule has 2 N–H and O–H groups in total. The van der Waals surface area contributed by atoms with E-state index in [1.54, 1.807) is 12.1 Å². The Balaban J connectivity index is 1.77. The van der Waals surface area contributed by atoms with Crippen molar-refractivity contribution in [1.29, 1.82) is 0 Å². The van der Waals surface area contributed by atoms with Crippen LogP contribution in [0.15, 0.2) is 18.2 Å². The van der Waals surface area contributed by atoms with E-state index in [0.717, 1.165) is 51.4 Å². The molecule has 0 amide bonds. The highest BCUT2D eigenvalue weighted by Crippen LogP contribution is 2.14. The minimum absolute atomic E-state index is 0.224. The van der Waals surface area contributed by atoms with E-state index in [1.807, 2.05) is 6.07 Å². The van der Waals surface area contributed by atoms with Crippen LogP contribution >= 0.6 is 0 Å². The Morgan fingerprint density at radius 2 is 1.80 bits per heavy atom. The van der Waals surface area contributed by atoms with Crippen LogP contribution in [0, 0.1) is 5.82 Å². The minimum Gasteiger partial charge on any atom is -0.396 e. The van der Waals surface area contributed by atoms with Crippen LogP contribution in [-0.2, 0) is 6.54 Å². The summed E-state index contributed by atoms with van der Waals surface area (Å²) in [4.78, 5) is 7.07. The van der Waals surface area contributed by atoms with Gasteiger partial charge in [-0.05, 0) is 31.8 Å². The average molecular weight is 280 g/mol. The van der Waals surface area contributed by atoms with Gasteiger partial charge in [-0.1, -0.05) is 6.07 Å². The van der Waals surface area contributed by atoms with E-state index in [9.17, 15) is 4.39 Å². The number of rotatable bonds is 5. The van der Waals surface area contributed by atoms with Crippen molar-refractivity contribution in [3.63, 3.8) is 0 Å². The molecule has 0 unspecified atom stereocenters. The van der Waals surface area contributed by atoms with E-state index < -0.39 is 0 Å². The van der Waals surface area contributed by atoms with Crippen LogP contribution in [0.3, 0.4) is 0 Å². The van der Waals surface area contributed by atoms with E-state index in [1.165, 1.54) is 0 Å². The Bertz CT molecular complexity index is 428. The normalized spacial score (nSPS) is 17.8. The number of piperazine rings is 1. The highest BCUT2D eigenvalue weighted by atomic mass is 19.1. The molecule has 0 aromatic heterocycles. The number of nitrogens with zero attached hydrogens (tertiary/aromatic N) is 3.